The predicted molar refractivity (Wildman–Crippen MR) is 61.0 cm³/mol. The molecule has 0 saturated heterocycles. The molecule has 4 heteroatoms. The van der Waals surface area contributed by atoms with Crippen molar-refractivity contribution in [3.63, 3.8) is 0 Å². The summed E-state index contributed by atoms with van der Waals surface area (Å²) >= 11 is 0. The fourth-order valence-corrected chi connectivity index (χ4v) is 2.11. The quantitative estimate of drug-likeness (QED) is 0.853. The minimum absolute atomic E-state index is 0.168. The van der Waals surface area contributed by atoms with Gasteiger partial charge >= 0.3 is 0 Å². The molecule has 2 N–H and O–H groups in total. The highest BCUT2D eigenvalue weighted by Gasteiger charge is 2.22. The average molecular weight is 224 g/mol. The highest BCUT2D eigenvalue weighted by atomic mass is 16.5. The molecule has 1 fully saturated rings. The van der Waals surface area contributed by atoms with Crippen LogP contribution in [0.25, 0.3) is 0 Å². The zero-order valence-corrected chi connectivity index (χ0v) is 10.0. The van der Waals surface area contributed by atoms with Crippen molar-refractivity contribution in [1.29, 1.82) is 0 Å². The number of aromatic nitrogens is 1. The van der Waals surface area contributed by atoms with Gasteiger partial charge in [0.15, 0.2) is 0 Å². The molecule has 0 amide bonds. The zero-order chi connectivity index (χ0) is 11.5. The molecule has 1 saturated carbocycles. The maximum absolute atomic E-state index is 6.00. The average Bonchev–Trinajstić information content (AvgIpc) is 2.57. The van der Waals surface area contributed by atoms with Gasteiger partial charge in [-0.25, -0.2) is 4.98 Å². The molecule has 0 spiro atoms. The van der Waals surface area contributed by atoms with Crippen LogP contribution >= 0.6 is 0 Å². The maximum Gasteiger partial charge on any atom is 0.220 e. The van der Waals surface area contributed by atoms with Crippen molar-refractivity contribution >= 4 is 0 Å². The Bertz CT molecular complexity index is 329. The largest absolute Gasteiger partial charge is 0.443 e. The van der Waals surface area contributed by atoms with Crippen LogP contribution in [0.1, 0.15) is 43.0 Å². The van der Waals surface area contributed by atoms with Gasteiger partial charge < -0.3 is 14.9 Å². The molecular weight excluding hydrogens is 204 g/mol. The molecule has 0 radical (unpaired) electrons. The standard InChI is InChI=1S/C12H20N2O2/c1-8-9(2)16-12(14-8)7-15-11-6-4-3-5-10(11)13/h10-11H,3-7,13H2,1-2H3. The van der Waals surface area contributed by atoms with Gasteiger partial charge in [-0.05, 0) is 26.7 Å². The number of nitrogens with zero attached hydrogens (tertiary/aromatic N) is 1. The summed E-state index contributed by atoms with van der Waals surface area (Å²) in [4.78, 5) is 4.29. The molecule has 1 heterocycles. The molecule has 1 aliphatic carbocycles. The summed E-state index contributed by atoms with van der Waals surface area (Å²) in [5.74, 6) is 1.53. The fraction of sp³-hybridized carbons (Fsp3) is 0.750. The third kappa shape index (κ3) is 2.62. The number of oxazole rings is 1. The van der Waals surface area contributed by atoms with Crippen LogP contribution in [0.4, 0.5) is 0 Å². The lowest BCUT2D eigenvalue weighted by Crippen LogP contribution is -2.39. The summed E-state index contributed by atoms with van der Waals surface area (Å²) < 4.78 is 11.2. The summed E-state index contributed by atoms with van der Waals surface area (Å²) in [6.45, 7) is 4.29. The van der Waals surface area contributed by atoms with Crippen molar-refractivity contribution < 1.29 is 9.15 Å². The number of rotatable bonds is 3. The van der Waals surface area contributed by atoms with Crippen LogP contribution < -0.4 is 5.73 Å². The second-order valence-corrected chi connectivity index (χ2v) is 4.55. The molecule has 16 heavy (non-hydrogen) atoms. The van der Waals surface area contributed by atoms with E-state index in [9.17, 15) is 0 Å². The summed E-state index contributed by atoms with van der Waals surface area (Å²) in [5.41, 5.74) is 6.94. The molecule has 0 bridgehead atoms. The zero-order valence-electron chi connectivity index (χ0n) is 10.0. The topological polar surface area (TPSA) is 61.3 Å². The molecule has 2 atom stereocenters. The van der Waals surface area contributed by atoms with Gasteiger partial charge in [-0.2, -0.15) is 0 Å². The van der Waals surface area contributed by atoms with Gasteiger partial charge in [0, 0.05) is 6.04 Å². The van der Waals surface area contributed by atoms with Gasteiger partial charge in [0.05, 0.1) is 11.8 Å². The van der Waals surface area contributed by atoms with E-state index < -0.39 is 0 Å². The third-order valence-corrected chi connectivity index (χ3v) is 3.25. The Balaban J connectivity index is 1.86. The fourth-order valence-electron chi connectivity index (χ4n) is 2.11. The first-order valence-electron chi connectivity index (χ1n) is 5.97. The van der Waals surface area contributed by atoms with E-state index in [0.717, 1.165) is 24.3 Å². The van der Waals surface area contributed by atoms with Crippen LogP contribution in [0.5, 0.6) is 0 Å². The second-order valence-electron chi connectivity index (χ2n) is 4.55. The summed E-state index contributed by atoms with van der Waals surface area (Å²) in [7, 11) is 0. The van der Waals surface area contributed by atoms with Crippen LogP contribution in [-0.2, 0) is 11.3 Å². The van der Waals surface area contributed by atoms with Crippen LogP contribution in [0.3, 0.4) is 0 Å². The van der Waals surface area contributed by atoms with Crippen molar-refractivity contribution in [1.82, 2.24) is 4.98 Å². The van der Waals surface area contributed by atoms with Crippen molar-refractivity contribution in [3.05, 3.63) is 17.3 Å². The molecule has 1 aromatic rings. The van der Waals surface area contributed by atoms with Gasteiger partial charge in [0.2, 0.25) is 5.89 Å². The minimum atomic E-state index is 0.168. The first-order valence-corrected chi connectivity index (χ1v) is 5.97. The Morgan fingerprint density at radius 1 is 1.38 bits per heavy atom. The van der Waals surface area contributed by atoms with E-state index in [2.05, 4.69) is 4.98 Å². The van der Waals surface area contributed by atoms with Gasteiger partial charge in [0.25, 0.3) is 0 Å². The van der Waals surface area contributed by atoms with E-state index in [1.165, 1.54) is 12.8 Å². The monoisotopic (exact) mass is 224 g/mol. The number of nitrogens with two attached hydrogens (primary N) is 1. The smallest absolute Gasteiger partial charge is 0.220 e. The summed E-state index contributed by atoms with van der Waals surface area (Å²) in [5, 5.41) is 0. The van der Waals surface area contributed by atoms with E-state index in [4.69, 9.17) is 14.9 Å². The van der Waals surface area contributed by atoms with Crippen LogP contribution in [0, 0.1) is 13.8 Å². The second kappa shape index (κ2) is 4.97. The Kier molecular flexibility index (Phi) is 3.61. The van der Waals surface area contributed by atoms with E-state index in [-0.39, 0.29) is 12.1 Å². The van der Waals surface area contributed by atoms with Crippen molar-refractivity contribution in [3.8, 4) is 0 Å². The lowest BCUT2D eigenvalue weighted by atomic mass is 9.93. The molecule has 0 aromatic carbocycles. The lowest BCUT2D eigenvalue weighted by molar-refractivity contribution is -0.00549. The molecular formula is C12H20N2O2. The molecule has 1 aromatic heterocycles. The number of ether oxygens (including phenoxy) is 1. The van der Waals surface area contributed by atoms with Crippen LogP contribution in [0.15, 0.2) is 4.42 Å². The Morgan fingerprint density at radius 3 is 2.75 bits per heavy atom. The SMILES string of the molecule is Cc1nc(COC2CCCCC2N)oc1C. The van der Waals surface area contributed by atoms with E-state index in [0.29, 0.717) is 12.5 Å². The van der Waals surface area contributed by atoms with E-state index in [1.54, 1.807) is 0 Å². The predicted octanol–water partition coefficient (Wildman–Crippen LogP) is 2.08. The van der Waals surface area contributed by atoms with E-state index >= 15 is 0 Å². The first kappa shape index (κ1) is 11.6. The Hall–Kier alpha value is -0.870. The first-order chi connectivity index (χ1) is 7.66. The van der Waals surface area contributed by atoms with Gasteiger partial charge in [0.1, 0.15) is 12.4 Å². The van der Waals surface area contributed by atoms with Gasteiger partial charge in [-0.15, -0.1) is 0 Å². The molecule has 90 valence electrons. The highest BCUT2D eigenvalue weighted by molar-refractivity contribution is 5.04. The molecule has 2 rings (SSSR count). The Morgan fingerprint density at radius 2 is 2.12 bits per heavy atom. The normalized spacial score (nSPS) is 25.9. The maximum atomic E-state index is 6.00. The molecule has 2 unspecified atom stereocenters. The summed E-state index contributed by atoms with van der Waals surface area (Å²) in [6, 6.07) is 0.172. The van der Waals surface area contributed by atoms with Gasteiger partial charge in [-0.1, -0.05) is 12.8 Å². The molecule has 0 aliphatic heterocycles. The van der Waals surface area contributed by atoms with Crippen molar-refractivity contribution in [2.75, 3.05) is 0 Å². The minimum Gasteiger partial charge on any atom is -0.443 e. The highest BCUT2D eigenvalue weighted by Crippen LogP contribution is 2.21. The van der Waals surface area contributed by atoms with Crippen LogP contribution in [-0.4, -0.2) is 17.1 Å². The van der Waals surface area contributed by atoms with E-state index in [1.807, 2.05) is 13.8 Å². The molecule has 4 nitrogen and oxygen atoms in total. The van der Waals surface area contributed by atoms with Crippen molar-refractivity contribution in [2.24, 2.45) is 5.73 Å². The van der Waals surface area contributed by atoms with Crippen molar-refractivity contribution in [2.45, 2.75) is 58.3 Å². The number of hydrogen-bond acceptors (Lipinski definition) is 4. The lowest BCUT2D eigenvalue weighted by Gasteiger charge is -2.27. The Labute approximate surface area is 96.2 Å². The van der Waals surface area contributed by atoms with Crippen LogP contribution in [0.2, 0.25) is 0 Å². The van der Waals surface area contributed by atoms with Gasteiger partial charge in [-0.3, -0.25) is 0 Å². The number of aryl methyl sites for hydroxylation is 2. The molecule has 1 aliphatic rings. The third-order valence-electron chi connectivity index (χ3n) is 3.25. The number of hydrogen-bond donors (Lipinski definition) is 1. The summed E-state index contributed by atoms with van der Waals surface area (Å²) in [6.07, 6.45) is 4.72.